The first-order valence-corrected chi connectivity index (χ1v) is 13.6. The summed E-state index contributed by atoms with van der Waals surface area (Å²) < 4.78 is 34.7. The number of piperidine rings is 1. The molecule has 0 radical (unpaired) electrons. The second kappa shape index (κ2) is 8.63. The fourth-order valence-corrected chi connectivity index (χ4v) is 6.65. The zero-order valence-electron chi connectivity index (χ0n) is 20.0. The largest absolute Gasteiger partial charge is 0.492 e. The lowest BCUT2D eigenvalue weighted by atomic mass is 9.73. The molecule has 3 aliphatic heterocycles. The average Bonchev–Trinajstić information content (AvgIpc) is 3.01. The molecule has 184 valence electrons. The summed E-state index contributed by atoms with van der Waals surface area (Å²) in [5.41, 5.74) is 2.65. The number of carbonyl (C=O) groups is 1. The molecule has 0 aliphatic carbocycles. The van der Waals surface area contributed by atoms with Crippen molar-refractivity contribution in [3.63, 3.8) is 0 Å². The highest BCUT2D eigenvalue weighted by molar-refractivity contribution is 7.91. The Labute approximate surface area is 206 Å². The van der Waals surface area contributed by atoms with Gasteiger partial charge >= 0.3 is 0 Å². The molecular formula is C26H29N3O5S. The van der Waals surface area contributed by atoms with Gasteiger partial charge in [0.25, 0.3) is 0 Å². The number of anilines is 1. The topological polar surface area (TPSA) is 80.5 Å². The maximum absolute atomic E-state index is 13.2. The summed E-state index contributed by atoms with van der Waals surface area (Å²) in [6, 6.07) is 12.8. The van der Waals surface area contributed by atoms with E-state index >= 15 is 0 Å². The van der Waals surface area contributed by atoms with Gasteiger partial charge in [0, 0.05) is 25.5 Å². The van der Waals surface area contributed by atoms with Crippen molar-refractivity contribution in [1.29, 1.82) is 0 Å². The molecule has 1 amide bonds. The predicted molar refractivity (Wildman–Crippen MR) is 133 cm³/mol. The van der Waals surface area contributed by atoms with Crippen LogP contribution in [0.2, 0.25) is 0 Å². The number of sulfone groups is 1. The second-order valence-electron chi connectivity index (χ2n) is 9.73. The zero-order valence-corrected chi connectivity index (χ0v) is 20.8. The lowest BCUT2D eigenvalue weighted by molar-refractivity contribution is -0.124. The van der Waals surface area contributed by atoms with Crippen LogP contribution in [0.3, 0.4) is 0 Å². The van der Waals surface area contributed by atoms with Gasteiger partial charge in [0.1, 0.15) is 17.1 Å². The van der Waals surface area contributed by atoms with Gasteiger partial charge in [-0.25, -0.2) is 13.3 Å². The molecular weight excluding hydrogens is 466 g/mol. The molecule has 35 heavy (non-hydrogen) atoms. The molecule has 3 heterocycles. The van der Waals surface area contributed by atoms with Crippen molar-refractivity contribution in [2.24, 2.45) is 0 Å². The maximum atomic E-state index is 13.2. The summed E-state index contributed by atoms with van der Waals surface area (Å²) in [4.78, 5) is 20.8. The first kappa shape index (κ1) is 23.8. The third-order valence-corrected chi connectivity index (χ3v) is 9.74. The molecule has 8 nitrogen and oxygen atoms in total. The van der Waals surface area contributed by atoms with Crippen LogP contribution in [0.5, 0.6) is 5.75 Å². The lowest BCUT2D eigenvalue weighted by Crippen LogP contribution is -2.52. The molecule has 2 saturated heterocycles. The number of amides is 1. The monoisotopic (exact) mass is 495 g/mol. The van der Waals surface area contributed by atoms with Crippen LogP contribution in [0.15, 0.2) is 42.5 Å². The third kappa shape index (κ3) is 3.80. The normalized spacial score (nSPS) is 20.8. The summed E-state index contributed by atoms with van der Waals surface area (Å²) in [6.45, 7) is 10.5. The van der Waals surface area contributed by atoms with Gasteiger partial charge in [-0.15, -0.1) is 0 Å². The fourth-order valence-electron chi connectivity index (χ4n) is 5.49. The smallest absolute Gasteiger partial charge is 0.237 e. The first-order valence-electron chi connectivity index (χ1n) is 11.7. The summed E-state index contributed by atoms with van der Waals surface area (Å²) >= 11 is 0. The highest BCUT2D eigenvalue weighted by Crippen LogP contribution is 2.48. The molecule has 0 aromatic heterocycles. The molecule has 2 aromatic rings. The van der Waals surface area contributed by atoms with Gasteiger partial charge in [-0.2, -0.15) is 0 Å². The summed E-state index contributed by atoms with van der Waals surface area (Å²) in [6.07, 6.45) is 2.69. The van der Waals surface area contributed by atoms with Crippen molar-refractivity contribution in [1.82, 2.24) is 4.90 Å². The Hall–Kier alpha value is -2.93. The molecule has 2 aromatic carbocycles. The van der Waals surface area contributed by atoms with Crippen LogP contribution in [0.1, 0.15) is 24.0 Å². The minimum atomic E-state index is -3.28. The Bertz CT molecular complexity index is 1290. The number of rotatable bonds is 6. The van der Waals surface area contributed by atoms with Crippen molar-refractivity contribution in [3.05, 3.63) is 65.0 Å². The fraction of sp³-hybridized carbons (Fsp3) is 0.462. The van der Waals surface area contributed by atoms with E-state index in [1.54, 1.807) is 23.1 Å². The molecule has 0 saturated carbocycles. The van der Waals surface area contributed by atoms with Crippen LogP contribution in [-0.4, -0.2) is 72.0 Å². The second-order valence-corrected chi connectivity index (χ2v) is 12.1. The molecule has 0 unspecified atom stereocenters. The summed E-state index contributed by atoms with van der Waals surface area (Å²) in [5, 5.41) is 0. The summed E-state index contributed by atoms with van der Waals surface area (Å²) in [5.74, 6) is 0.814. The first-order chi connectivity index (χ1) is 16.7. The Kier molecular flexibility index (Phi) is 5.86. The minimum absolute atomic E-state index is 0.120. The molecule has 3 aliphatic rings. The number of hydrogen-bond donors (Lipinski definition) is 0. The van der Waals surface area contributed by atoms with E-state index in [9.17, 15) is 13.2 Å². The Morgan fingerprint density at radius 1 is 1.11 bits per heavy atom. The molecule has 9 heteroatoms. The number of fused-ring (bicyclic) bond motifs is 2. The minimum Gasteiger partial charge on any atom is -0.492 e. The van der Waals surface area contributed by atoms with E-state index in [-0.39, 0.29) is 19.1 Å². The van der Waals surface area contributed by atoms with E-state index in [4.69, 9.17) is 16.0 Å². The van der Waals surface area contributed by atoms with Crippen LogP contribution in [0, 0.1) is 6.57 Å². The molecule has 2 fully saturated rings. The van der Waals surface area contributed by atoms with Crippen molar-refractivity contribution < 1.29 is 22.7 Å². The van der Waals surface area contributed by atoms with Crippen LogP contribution in [0.25, 0.3) is 4.85 Å². The highest BCUT2D eigenvalue weighted by Gasteiger charge is 2.51. The van der Waals surface area contributed by atoms with Crippen molar-refractivity contribution >= 4 is 27.1 Å². The van der Waals surface area contributed by atoms with E-state index < -0.39 is 20.0 Å². The van der Waals surface area contributed by atoms with Crippen LogP contribution in [0.4, 0.5) is 11.4 Å². The molecule has 5 rings (SSSR count). The number of hydrogen-bond acceptors (Lipinski definition) is 6. The van der Waals surface area contributed by atoms with Gasteiger partial charge < -0.3 is 14.4 Å². The third-order valence-electron chi connectivity index (χ3n) is 7.85. The number of likely N-dealkylation sites (tertiary alicyclic amines) is 1. The quantitative estimate of drug-likeness (QED) is 0.574. The predicted octanol–water partition coefficient (Wildman–Crippen LogP) is 2.90. The number of benzene rings is 2. The lowest BCUT2D eigenvalue weighted by Gasteiger charge is -2.40. The number of carbonyl (C=O) groups excluding carboxylic acids is 1. The standard InChI is InChI=1S/C26H29N3O5S/c1-27-20-6-9-23-22(16-20)25(24(30)28(23)2)10-12-29(13-11-25)14-15-34-21-7-4-19(5-8-21)26(17-33-18-26)35(3,31)32/h4-9,16H,10-15,17-18H2,2-3H3. The molecule has 0 atom stereocenters. The van der Waals surface area contributed by atoms with E-state index in [1.807, 2.05) is 31.3 Å². The van der Waals surface area contributed by atoms with Crippen molar-refractivity contribution in [3.8, 4) is 5.75 Å². The number of likely N-dealkylation sites (N-methyl/N-ethyl adjacent to an activating group) is 1. The number of nitrogens with zero attached hydrogens (tertiary/aromatic N) is 3. The van der Waals surface area contributed by atoms with Crippen molar-refractivity contribution in [2.75, 3.05) is 57.7 Å². The van der Waals surface area contributed by atoms with E-state index in [0.29, 0.717) is 18.0 Å². The van der Waals surface area contributed by atoms with Gasteiger partial charge in [-0.1, -0.05) is 24.3 Å². The van der Waals surface area contributed by atoms with Crippen LogP contribution in [-0.2, 0) is 29.5 Å². The molecule has 0 N–H and O–H groups in total. The van der Waals surface area contributed by atoms with E-state index in [2.05, 4.69) is 9.74 Å². The Morgan fingerprint density at radius 2 is 1.80 bits per heavy atom. The van der Waals surface area contributed by atoms with Crippen molar-refractivity contribution in [2.45, 2.75) is 23.0 Å². The van der Waals surface area contributed by atoms with Gasteiger partial charge in [-0.3, -0.25) is 9.69 Å². The number of ether oxygens (including phenoxy) is 2. The summed E-state index contributed by atoms with van der Waals surface area (Å²) in [7, 11) is -1.46. The molecule has 1 spiro atoms. The SMILES string of the molecule is [C-]#[N+]c1ccc2c(c1)C1(CCN(CCOc3ccc(C4(S(C)(=O)=O)COC4)cc3)CC1)C(=O)N2C. The van der Waals surface area contributed by atoms with E-state index in [1.165, 1.54) is 6.26 Å². The Balaban J connectivity index is 1.18. The average molecular weight is 496 g/mol. The van der Waals surface area contributed by atoms with Gasteiger partial charge in [-0.05, 0) is 55.3 Å². The Morgan fingerprint density at radius 3 is 2.37 bits per heavy atom. The van der Waals surface area contributed by atoms with Gasteiger partial charge in [0.05, 0.1) is 25.2 Å². The van der Waals surface area contributed by atoms with E-state index in [0.717, 1.165) is 49.3 Å². The highest BCUT2D eigenvalue weighted by atomic mass is 32.2. The molecule has 0 bridgehead atoms. The zero-order chi connectivity index (χ0) is 24.8. The van der Waals surface area contributed by atoms with Gasteiger partial charge in [0.2, 0.25) is 5.91 Å². The maximum Gasteiger partial charge on any atom is 0.237 e. The van der Waals surface area contributed by atoms with Gasteiger partial charge in [0.15, 0.2) is 15.5 Å². The van der Waals surface area contributed by atoms with Crippen LogP contribution >= 0.6 is 0 Å². The van der Waals surface area contributed by atoms with Crippen LogP contribution < -0.4 is 9.64 Å².